The van der Waals surface area contributed by atoms with Crippen molar-refractivity contribution in [1.82, 2.24) is 0 Å². The van der Waals surface area contributed by atoms with E-state index < -0.39 is 8.32 Å². The van der Waals surface area contributed by atoms with E-state index >= 15 is 0 Å². The number of benzene rings is 1. The van der Waals surface area contributed by atoms with Crippen LogP contribution >= 0.6 is 0 Å². The Morgan fingerprint density at radius 1 is 1.32 bits per heavy atom. The van der Waals surface area contributed by atoms with Crippen LogP contribution in [0.25, 0.3) is 0 Å². The van der Waals surface area contributed by atoms with Crippen LogP contribution in [0.4, 0.5) is 0 Å². The first kappa shape index (κ1) is 19.0. The van der Waals surface area contributed by atoms with Crippen LogP contribution in [0.3, 0.4) is 0 Å². The lowest BCUT2D eigenvalue weighted by Gasteiger charge is -2.35. The topological polar surface area (TPSA) is 46.5 Å². The van der Waals surface area contributed by atoms with Crippen molar-refractivity contribution in [1.29, 1.82) is 0 Å². The molecule has 0 aliphatic carbocycles. The van der Waals surface area contributed by atoms with Crippen LogP contribution in [0.2, 0.25) is 18.1 Å². The molecule has 0 saturated heterocycles. The number of carbonyl (C=O) groups is 1. The second-order valence-corrected chi connectivity index (χ2v) is 11.6. The van der Waals surface area contributed by atoms with Crippen LogP contribution < -0.4 is 5.46 Å². The summed E-state index contributed by atoms with van der Waals surface area (Å²) in [4.78, 5) is 21.7. The highest BCUT2D eigenvalue weighted by Crippen LogP contribution is 2.38. The lowest BCUT2D eigenvalue weighted by atomic mass is 9.83. The van der Waals surface area contributed by atoms with Gasteiger partial charge in [0.15, 0.2) is 8.32 Å². The van der Waals surface area contributed by atoms with Gasteiger partial charge in [-0.05, 0) is 49.0 Å². The average molecular weight is 318 g/mol. The van der Waals surface area contributed by atoms with E-state index in [1.165, 1.54) is 7.11 Å². The van der Waals surface area contributed by atoms with Gasteiger partial charge in [-0.3, -0.25) is 4.79 Å². The fourth-order valence-corrected chi connectivity index (χ4v) is 2.91. The van der Waals surface area contributed by atoms with Gasteiger partial charge in [0.05, 0.1) is 7.11 Å². The number of carbonyl (C=O) groups excluding carboxylic acids is 1. The number of rotatable bonds is 6. The number of esters is 1. The molecule has 1 aromatic carbocycles. The van der Waals surface area contributed by atoms with Crippen molar-refractivity contribution >= 4 is 27.6 Å². The zero-order chi connectivity index (χ0) is 17.1. The van der Waals surface area contributed by atoms with Crippen LogP contribution in [0, 0.1) is 6.92 Å². The van der Waals surface area contributed by atoms with E-state index in [2.05, 4.69) is 24.7 Å². The summed E-state index contributed by atoms with van der Waals surface area (Å²) in [5.41, 5.74) is 4.00. The van der Waals surface area contributed by atoms with E-state index in [0.29, 0.717) is 12.8 Å². The molecular formula is C17H27BO3Si. The standard InChI is InChI=1S/C17H27BO3Si/c1-12-9-14(11-17(2,3)22(5,6)20)15(18)10-13(12)7-8-16(19)21-4/h9-10,20H,7-8,11H2,1-6H3. The lowest BCUT2D eigenvalue weighted by molar-refractivity contribution is -0.140. The average Bonchev–Trinajstić information content (AvgIpc) is 2.39. The number of hydrogen-bond donors (Lipinski definition) is 1. The first-order valence-corrected chi connectivity index (χ1v) is 10.6. The maximum absolute atomic E-state index is 11.3. The highest BCUT2D eigenvalue weighted by molar-refractivity contribution is 6.72. The summed E-state index contributed by atoms with van der Waals surface area (Å²) in [6, 6.07) is 4.04. The third-order valence-electron chi connectivity index (χ3n) is 4.71. The monoisotopic (exact) mass is 318 g/mol. The van der Waals surface area contributed by atoms with Gasteiger partial charge in [-0.2, -0.15) is 0 Å². The zero-order valence-corrected chi connectivity index (χ0v) is 15.6. The van der Waals surface area contributed by atoms with Crippen molar-refractivity contribution in [2.75, 3.05) is 7.11 Å². The highest BCUT2D eigenvalue weighted by atomic mass is 28.4. The Balaban J connectivity index is 2.97. The largest absolute Gasteiger partial charge is 0.469 e. The Kier molecular flexibility index (Phi) is 6.04. The highest BCUT2D eigenvalue weighted by Gasteiger charge is 2.38. The quantitative estimate of drug-likeness (QED) is 0.647. The van der Waals surface area contributed by atoms with Gasteiger partial charge in [-0.25, -0.2) is 0 Å². The zero-order valence-electron chi connectivity index (χ0n) is 14.6. The van der Waals surface area contributed by atoms with Gasteiger partial charge in [-0.15, -0.1) is 0 Å². The molecule has 0 bridgehead atoms. The summed E-state index contributed by atoms with van der Waals surface area (Å²) in [6.45, 7) is 10.1. The number of ether oxygens (including phenoxy) is 1. The third kappa shape index (κ3) is 4.72. The number of aryl methyl sites for hydroxylation is 2. The molecule has 0 unspecified atom stereocenters. The summed E-state index contributed by atoms with van der Waals surface area (Å²) in [6.07, 6.45) is 1.75. The lowest BCUT2D eigenvalue weighted by Crippen LogP contribution is -2.41. The predicted octanol–water partition coefficient (Wildman–Crippen LogP) is 2.41. The molecule has 0 saturated carbocycles. The van der Waals surface area contributed by atoms with Crippen molar-refractivity contribution in [3.63, 3.8) is 0 Å². The Labute approximate surface area is 136 Å². The Morgan fingerprint density at radius 2 is 1.91 bits per heavy atom. The van der Waals surface area contributed by atoms with E-state index in [-0.39, 0.29) is 11.0 Å². The van der Waals surface area contributed by atoms with E-state index in [1.54, 1.807) is 0 Å². The van der Waals surface area contributed by atoms with E-state index in [9.17, 15) is 9.59 Å². The maximum Gasteiger partial charge on any atom is 0.305 e. The van der Waals surface area contributed by atoms with Crippen molar-refractivity contribution in [2.24, 2.45) is 0 Å². The second kappa shape index (κ2) is 7.01. The summed E-state index contributed by atoms with van der Waals surface area (Å²) in [5, 5.41) is -0.152. The molecule has 0 aliphatic heterocycles. The minimum absolute atomic E-state index is 0.152. The fraction of sp³-hybridized carbons (Fsp3) is 0.588. The molecule has 0 aromatic heterocycles. The fourth-order valence-electron chi connectivity index (χ4n) is 2.29. The van der Waals surface area contributed by atoms with Gasteiger partial charge in [0.25, 0.3) is 0 Å². The molecule has 1 rings (SSSR count). The van der Waals surface area contributed by atoms with Crippen LogP contribution in [0.1, 0.15) is 37.0 Å². The molecule has 1 N–H and O–H groups in total. The molecule has 2 radical (unpaired) electrons. The van der Waals surface area contributed by atoms with Crippen LogP contribution in [-0.2, 0) is 22.4 Å². The van der Waals surface area contributed by atoms with Gasteiger partial charge >= 0.3 is 5.97 Å². The summed E-state index contributed by atoms with van der Waals surface area (Å²) >= 11 is 0. The molecule has 22 heavy (non-hydrogen) atoms. The molecule has 3 nitrogen and oxygen atoms in total. The Hall–Kier alpha value is -1.07. The van der Waals surface area contributed by atoms with Gasteiger partial charge in [0, 0.05) is 6.42 Å². The molecule has 0 fully saturated rings. The predicted molar refractivity (Wildman–Crippen MR) is 94.3 cm³/mol. The minimum atomic E-state index is -2.27. The molecule has 0 spiro atoms. The maximum atomic E-state index is 11.3. The van der Waals surface area contributed by atoms with Crippen molar-refractivity contribution in [3.05, 3.63) is 28.8 Å². The van der Waals surface area contributed by atoms with Gasteiger partial charge in [0.1, 0.15) is 7.85 Å². The molecule has 120 valence electrons. The van der Waals surface area contributed by atoms with Gasteiger partial charge < -0.3 is 9.53 Å². The molecule has 0 atom stereocenters. The first-order valence-electron chi connectivity index (χ1n) is 7.65. The third-order valence-corrected chi connectivity index (χ3v) is 8.20. The van der Waals surface area contributed by atoms with Crippen LogP contribution in [-0.4, -0.2) is 34.0 Å². The summed E-state index contributed by atoms with van der Waals surface area (Å²) in [7, 11) is 5.32. The van der Waals surface area contributed by atoms with Crippen LogP contribution in [0.5, 0.6) is 0 Å². The molecule has 0 amide bonds. The second-order valence-electron chi connectivity index (χ2n) is 7.17. The number of methoxy groups -OCH3 is 1. The minimum Gasteiger partial charge on any atom is -0.469 e. The molecular weight excluding hydrogens is 291 g/mol. The van der Waals surface area contributed by atoms with E-state index in [1.807, 2.05) is 26.1 Å². The SMILES string of the molecule is [B]c1cc(CCC(=O)OC)c(C)cc1CC(C)(C)[Si](C)(C)O. The van der Waals surface area contributed by atoms with E-state index in [4.69, 9.17) is 7.85 Å². The van der Waals surface area contributed by atoms with Crippen molar-refractivity contribution in [3.8, 4) is 0 Å². The van der Waals surface area contributed by atoms with E-state index in [0.717, 1.165) is 28.6 Å². The molecule has 5 heteroatoms. The smallest absolute Gasteiger partial charge is 0.305 e. The van der Waals surface area contributed by atoms with Gasteiger partial charge in [0.2, 0.25) is 0 Å². The van der Waals surface area contributed by atoms with Crippen molar-refractivity contribution in [2.45, 2.75) is 58.2 Å². The van der Waals surface area contributed by atoms with Crippen LogP contribution in [0.15, 0.2) is 12.1 Å². The first-order chi connectivity index (χ1) is 9.98. The Morgan fingerprint density at radius 3 is 2.41 bits per heavy atom. The normalized spacial score (nSPS) is 12.3. The summed E-state index contributed by atoms with van der Waals surface area (Å²) < 4.78 is 4.68. The molecule has 0 aliphatic rings. The Bertz CT molecular complexity index is 548. The number of hydrogen-bond acceptors (Lipinski definition) is 3. The summed E-state index contributed by atoms with van der Waals surface area (Å²) in [5.74, 6) is -0.212. The molecule has 1 aromatic rings. The molecule has 0 heterocycles. The van der Waals surface area contributed by atoms with Crippen molar-refractivity contribution < 1.29 is 14.3 Å². The van der Waals surface area contributed by atoms with Gasteiger partial charge in [-0.1, -0.05) is 37.0 Å².